The fourth-order valence-corrected chi connectivity index (χ4v) is 4.52. The first kappa shape index (κ1) is 20.5. The number of carbonyl (C=O) groups excluding carboxylic acids is 2. The molecular formula is C22H29N5O3. The van der Waals surface area contributed by atoms with Gasteiger partial charge in [-0.15, -0.1) is 0 Å². The highest BCUT2D eigenvalue weighted by Crippen LogP contribution is 2.24. The number of rotatable bonds is 5. The Bertz CT molecular complexity index is 926. The second-order valence-electron chi connectivity index (χ2n) is 8.41. The van der Waals surface area contributed by atoms with Crippen LogP contribution in [0.2, 0.25) is 0 Å². The topological polar surface area (TPSA) is 116 Å². The molecule has 1 heterocycles. The summed E-state index contributed by atoms with van der Waals surface area (Å²) >= 11 is 0. The van der Waals surface area contributed by atoms with Crippen molar-refractivity contribution in [3.63, 3.8) is 0 Å². The van der Waals surface area contributed by atoms with Crippen LogP contribution >= 0.6 is 0 Å². The molecule has 2 aromatic rings. The van der Waals surface area contributed by atoms with E-state index in [4.69, 9.17) is 0 Å². The molecule has 1 aromatic carbocycles. The maximum atomic E-state index is 12.8. The van der Waals surface area contributed by atoms with Gasteiger partial charge in [0.05, 0.1) is 23.2 Å². The summed E-state index contributed by atoms with van der Waals surface area (Å²) in [5.41, 5.74) is 1.10. The number of para-hydroxylation sites is 1. The first-order chi connectivity index (χ1) is 14.5. The number of nitrogens with one attached hydrogen (secondary N) is 3. The van der Waals surface area contributed by atoms with Gasteiger partial charge < -0.3 is 21.1 Å². The molecule has 4 rings (SSSR count). The first-order valence-electron chi connectivity index (χ1n) is 10.8. The van der Waals surface area contributed by atoms with Gasteiger partial charge in [-0.2, -0.15) is 0 Å². The Morgan fingerprint density at radius 1 is 1.03 bits per heavy atom. The maximum absolute atomic E-state index is 12.8. The summed E-state index contributed by atoms with van der Waals surface area (Å²) in [5.74, 6) is 0.304. The van der Waals surface area contributed by atoms with Crippen molar-refractivity contribution in [2.24, 2.45) is 0 Å². The fraction of sp³-hybridized carbons (Fsp3) is 0.545. The summed E-state index contributed by atoms with van der Waals surface area (Å²) in [6.07, 6.45) is 7.37. The monoisotopic (exact) mass is 411 g/mol. The normalized spacial score (nSPS) is 26.3. The smallest absolute Gasteiger partial charge is 0.253 e. The molecule has 2 aliphatic rings. The first-order valence-corrected chi connectivity index (χ1v) is 10.8. The van der Waals surface area contributed by atoms with Crippen LogP contribution in [0.15, 0.2) is 24.4 Å². The highest BCUT2D eigenvalue weighted by Gasteiger charge is 2.27. The molecule has 2 aliphatic carbocycles. The van der Waals surface area contributed by atoms with Crippen molar-refractivity contribution in [3.8, 4) is 0 Å². The molecule has 1 aromatic heterocycles. The summed E-state index contributed by atoms with van der Waals surface area (Å²) in [5, 5.41) is 20.1. The van der Waals surface area contributed by atoms with E-state index in [0.717, 1.165) is 50.3 Å². The Labute approximate surface area is 175 Å². The van der Waals surface area contributed by atoms with Gasteiger partial charge in [0, 0.05) is 30.6 Å². The minimum Gasteiger partial charge on any atom is -0.391 e. The Hall–Kier alpha value is -2.74. The van der Waals surface area contributed by atoms with E-state index in [1.807, 2.05) is 12.1 Å². The van der Waals surface area contributed by atoms with Crippen molar-refractivity contribution >= 4 is 28.7 Å². The van der Waals surface area contributed by atoms with E-state index in [2.05, 4.69) is 25.9 Å². The molecule has 2 amide bonds. The molecule has 30 heavy (non-hydrogen) atoms. The summed E-state index contributed by atoms with van der Waals surface area (Å²) in [6.45, 7) is 1.55. The molecule has 0 aliphatic heterocycles. The quantitative estimate of drug-likeness (QED) is 0.599. The van der Waals surface area contributed by atoms with Crippen molar-refractivity contribution < 1.29 is 14.7 Å². The van der Waals surface area contributed by atoms with Crippen LogP contribution in [0.5, 0.6) is 0 Å². The molecule has 0 radical (unpaired) electrons. The van der Waals surface area contributed by atoms with E-state index < -0.39 is 6.10 Å². The number of benzene rings is 1. The number of fused-ring (bicyclic) bond motifs is 1. The molecule has 4 N–H and O–H groups in total. The summed E-state index contributed by atoms with van der Waals surface area (Å²) in [4.78, 5) is 33.1. The van der Waals surface area contributed by atoms with Gasteiger partial charge in [-0.1, -0.05) is 12.1 Å². The van der Waals surface area contributed by atoms with Crippen LogP contribution in [0.25, 0.3) is 10.9 Å². The van der Waals surface area contributed by atoms with Crippen LogP contribution in [0, 0.1) is 0 Å². The fourth-order valence-electron chi connectivity index (χ4n) is 4.52. The summed E-state index contributed by atoms with van der Waals surface area (Å²) in [7, 11) is 0. The van der Waals surface area contributed by atoms with Crippen molar-refractivity contribution in [2.75, 3.05) is 5.32 Å². The minimum atomic E-state index is -0.483. The zero-order valence-electron chi connectivity index (χ0n) is 17.2. The van der Waals surface area contributed by atoms with Gasteiger partial charge >= 0.3 is 0 Å². The molecule has 2 atom stereocenters. The van der Waals surface area contributed by atoms with Gasteiger partial charge in [0.1, 0.15) is 0 Å². The largest absolute Gasteiger partial charge is 0.391 e. The third kappa shape index (κ3) is 4.70. The molecule has 0 unspecified atom stereocenters. The highest BCUT2D eigenvalue weighted by molar-refractivity contribution is 6.05. The summed E-state index contributed by atoms with van der Waals surface area (Å²) < 4.78 is 0. The molecule has 8 heteroatoms. The molecule has 0 bridgehead atoms. The van der Waals surface area contributed by atoms with Crippen LogP contribution in [0.4, 0.5) is 5.95 Å². The van der Waals surface area contributed by atoms with Gasteiger partial charge in [-0.25, -0.2) is 9.97 Å². The number of aliphatic hydroxyl groups excluding tert-OH is 1. The van der Waals surface area contributed by atoms with Crippen LogP contribution < -0.4 is 16.0 Å². The van der Waals surface area contributed by atoms with E-state index in [1.165, 1.54) is 0 Å². The Morgan fingerprint density at radius 3 is 2.50 bits per heavy atom. The lowest BCUT2D eigenvalue weighted by Crippen LogP contribution is -2.40. The number of anilines is 1. The van der Waals surface area contributed by atoms with E-state index in [1.54, 1.807) is 19.2 Å². The van der Waals surface area contributed by atoms with Crippen LogP contribution in [-0.2, 0) is 4.79 Å². The Kier molecular flexibility index (Phi) is 6.13. The lowest BCUT2D eigenvalue weighted by molar-refractivity contribution is -0.119. The molecule has 0 spiro atoms. The van der Waals surface area contributed by atoms with Gasteiger partial charge in [0.15, 0.2) is 0 Å². The molecule has 2 fully saturated rings. The maximum Gasteiger partial charge on any atom is 0.253 e. The zero-order valence-corrected chi connectivity index (χ0v) is 17.2. The number of amides is 2. The molecular weight excluding hydrogens is 382 g/mol. The van der Waals surface area contributed by atoms with E-state index in [-0.39, 0.29) is 29.9 Å². The highest BCUT2D eigenvalue weighted by atomic mass is 16.3. The van der Waals surface area contributed by atoms with E-state index in [9.17, 15) is 14.7 Å². The predicted octanol–water partition coefficient (Wildman–Crippen LogP) is 2.13. The zero-order chi connectivity index (χ0) is 21.1. The summed E-state index contributed by atoms with van der Waals surface area (Å²) in [6, 6.07) is 5.74. The average molecular weight is 412 g/mol. The number of nitrogens with zero attached hydrogens (tertiary/aromatic N) is 2. The lowest BCUT2D eigenvalue weighted by Gasteiger charge is -2.29. The SMILES string of the molecule is CC(=O)NC1CCC(Nc2ncc3cccc(C(=O)N[C@@H]4CCC[C@H]4O)c3n2)CC1. The second kappa shape index (κ2) is 8.95. The minimum absolute atomic E-state index is 0.0141. The Balaban J connectivity index is 1.46. The third-order valence-electron chi connectivity index (χ3n) is 6.12. The number of hydrogen-bond donors (Lipinski definition) is 4. The predicted molar refractivity (Wildman–Crippen MR) is 114 cm³/mol. The molecule has 8 nitrogen and oxygen atoms in total. The molecule has 2 saturated carbocycles. The van der Waals surface area contributed by atoms with Crippen molar-refractivity contribution in [3.05, 3.63) is 30.0 Å². The molecule has 160 valence electrons. The van der Waals surface area contributed by atoms with Crippen molar-refractivity contribution in [2.45, 2.75) is 76.1 Å². The Morgan fingerprint density at radius 2 is 1.80 bits per heavy atom. The number of carbonyl (C=O) groups is 2. The van der Waals surface area contributed by atoms with Crippen LogP contribution in [0.3, 0.4) is 0 Å². The van der Waals surface area contributed by atoms with Gasteiger partial charge in [-0.3, -0.25) is 9.59 Å². The number of aliphatic hydroxyl groups is 1. The van der Waals surface area contributed by atoms with Crippen molar-refractivity contribution in [1.29, 1.82) is 0 Å². The van der Waals surface area contributed by atoms with Gasteiger partial charge in [-0.05, 0) is 51.0 Å². The van der Waals surface area contributed by atoms with Crippen LogP contribution in [0.1, 0.15) is 62.2 Å². The average Bonchev–Trinajstić information content (AvgIpc) is 3.13. The van der Waals surface area contributed by atoms with E-state index >= 15 is 0 Å². The van der Waals surface area contributed by atoms with Gasteiger partial charge in [0.2, 0.25) is 11.9 Å². The van der Waals surface area contributed by atoms with Crippen LogP contribution in [-0.4, -0.2) is 51.1 Å². The lowest BCUT2D eigenvalue weighted by atomic mass is 9.91. The third-order valence-corrected chi connectivity index (χ3v) is 6.12. The van der Waals surface area contributed by atoms with E-state index in [0.29, 0.717) is 17.0 Å². The van der Waals surface area contributed by atoms with Crippen molar-refractivity contribution in [1.82, 2.24) is 20.6 Å². The number of hydrogen-bond acceptors (Lipinski definition) is 6. The standard InChI is InChI=1S/C22H29N5O3/c1-13(28)24-15-8-10-16(11-9-15)25-22-23-12-14-4-2-5-17(20(14)27-22)21(30)26-18-6-3-7-19(18)29/h2,4-5,12,15-16,18-19,29H,3,6-11H2,1H3,(H,24,28)(H,26,30)(H,23,25,27)/t15?,16?,18-,19-/m1/s1. The number of aromatic nitrogens is 2. The second-order valence-corrected chi connectivity index (χ2v) is 8.41. The molecule has 0 saturated heterocycles. The van der Waals surface area contributed by atoms with Gasteiger partial charge in [0.25, 0.3) is 5.91 Å².